The van der Waals surface area contributed by atoms with E-state index < -0.39 is 10.1 Å². The van der Waals surface area contributed by atoms with E-state index in [1.807, 2.05) is 19.1 Å². The Hall–Kier alpha value is -2.82. The number of likely N-dealkylation sites (tertiary alicyclic amines) is 1. The molecule has 0 saturated carbocycles. The molecule has 0 bridgehead atoms. The van der Waals surface area contributed by atoms with Crippen LogP contribution in [0.4, 0.5) is 4.39 Å². The first kappa shape index (κ1) is 25.8. The molecule has 34 heavy (non-hydrogen) atoms. The lowest BCUT2D eigenvalue weighted by atomic mass is 9.89. The number of benzene rings is 1. The highest BCUT2D eigenvalue weighted by atomic mass is 32.2. The summed E-state index contributed by atoms with van der Waals surface area (Å²) in [7, 11) is -3.67. The molecule has 3 heterocycles. The van der Waals surface area contributed by atoms with Gasteiger partial charge in [0.25, 0.3) is 10.1 Å². The summed E-state index contributed by atoms with van der Waals surface area (Å²) in [6, 6.07) is 8.64. The zero-order chi connectivity index (χ0) is 24.7. The van der Waals surface area contributed by atoms with Crippen LogP contribution in [0.25, 0.3) is 5.57 Å². The summed E-state index contributed by atoms with van der Waals surface area (Å²) < 4.78 is 50.6. The van der Waals surface area contributed by atoms with Crippen LogP contribution in [0, 0.1) is 5.82 Å². The van der Waals surface area contributed by atoms with Crippen molar-refractivity contribution in [1.29, 1.82) is 0 Å². The molecule has 2 aliphatic rings. The molecule has 0 unspecified atom stereocenters. The summed E-state index contributed by atoms with van der Waals surface area (Å²) in [5, 5.41) is 0. The van der Waals surface area contributed by atoms with Crippen molar-refractivity contribution in [3.05, 3.63) is 64.7 Å². The highest BCUT2D eigenvalue weighted by Crippen LogP contribution is 2.40. The maximum absolute atomic E-state index is 13.8. The van der Waals surface area contributed by atoms with E-state index in [4.69, 9.17) is 14.0 Å². The number of carbonyl (C=O) groups is 1. The van der Waals surface area contributed by atoms with Gasteiger partial charge in [0.05, 0.1) is 25.0 Å². The Morgan fingerprint density at radius 2 is 1.97 bits per heavy atom. The molecule has 0 radical (unpaired) electrons. The monoisotopic (exact) mass is 492 g/mol. The number of hydrogen-bond acceptors (Lipinski definition) is 7. The zero-order valence-electron chi connectivity index (χ0n) is 19.3. The molecule has 1 N–H and O–H groups in total. The van der Waals surface area contributed by atoms with Crippen LogP contribution in [0.15, 0.2) is 42.1 Å². The van der Waals surface area contributed by atoms with Crippen molar-refractivity contribution in [2.24, 2.45) is 0 Å². The van der Waals surface area contributed by atoms with Crippen molar-refractivity contribution >= 4 is 21.7 Å². The maximum Gasteiger partial charge on any atom is 0.307 e. The molecule has 4 rings (SSSR count). The molecule has 8 nitrogen and oxygen atoms in total. The number of halogens is 1. The predicted molar refractivity (Wildman–Crippen MR) is 125 cm³/mol. The van der Waals surface area contributed by atoms with Gasteiger partial charge in [0.1, 0.15) is 18.2 Å². The van der Waals surface area contributed by atoms with E-state index in [9.17, 15) is 17.6 Å². The van der Waals surface area contributed by atoms with E-state index in [2.05, 4.69) is 9.88 Å². The van der Waals surface area contributed by atoms with Crippen molar-refractivity contribution in [2.45, 2.75) is 32.8 Å². The minimum Gasteiger partial charge on any atom is -0.488 e. The van der Waals surface area contributed by atoms with Gasteiger partial charge in [-0.1, -0.05) is 11.6 Å². The van der Waals surface area contributed by atoms with Gasteiger partial charge in [-0.05, 0) is 38.0 Å². The molecular weight excluding hydrogens is 463 g/mol. The summed E-state index contributed by atoms with van der Waals surface area (Å²) in [6.45, 7) is 5.08. The third kappa shape index (κ3) is 7.34. The third-order valence-electron chi connectivity index (χ3n) is 5.47. The van der Waals surface area contributed by atoms with Crippen LogP contribution in [0.5, 0.6) is 5.75 Å². The maximum atomic E-state index is 13.8. The first-order valence-electron chi connectivity index (χ1n) is 11.0. The smallest absolute Gasteiger partial charge is 0.307 e. The number of aromatic nitrogens is 1. The van der Waals surface area contributed by atoms with Crippen LogP contribution in [-0.4, -0.2) is 61.3 Å². The molecule has 1 fully saturated rings. The lowest BCUT2D eigenvalue weighted by molar-refractivity contribution is -0.143. The Morgan fingerprint density at radius 1 is 1.26 bits per heavy atom. The van der Waals surface area contributed by atoms with Gasteiger partial charge in [-0.2, -0.15) is 8.42 Å². The summed E-state index contributed by atoms with van der Waals surface area (Å²) in [6.07, 6.45) is 4.69. The molecule has 10 heteroatoms. The number of piperidine rings is 1. The van der Waals surface area contributed by atoms with Crippen molar-refractivity contribution in [2.75, 3.05) is 32.5 Å². The number of pyridine rings is 1. The molecule has 2 aliphatic heterocycles. The topological polar surface area (TPSA) is 106 Å². The van der Waals surface area contributed by atoms with Gasteiger partial charge < -0.3 is 14.4 Å². The van der Waals surface area contributed by atoms with Crippen LogP contribution in [-0.2, 0) is 26.3 Å². The second-order valence-electron chi connectivity index (χ2n) is 8.05. The highest BCUT2D eigenvalue weighted by Gasteiger charge is 2.26. The Balaban J connectivity index is 0.000000588. The second-order valence-corrected chi connectivity index (χ2v) is 9.51. The normalized spacial score (nSPS) is 15.8. The Bertz CT molecular complexity index is 1150. The van der Waals surface area contributed by atoms with Crippen molar-refractivity contribution in [3.8, 4) is 5.75 Å². The van der Waals surface area contributed by atoms with Gasteiger partial charge >= 0.3 is 5.97 Å². The number of fused-ring (bicyclic) bond motifs is 2. The van der Waals surface area contributed by atoms with Crippen molar-refractivity contribution in [3.63, 3.8) is 0 Å². The minimum atomic E-state index is -3.67. The first-order valence-corrected chi connectivity index (χ1v) is 12.9. The molecule has 0 spiro atoms. The van der Waals surface area contributed by atoms with Gasteiger partial charge in [-0.15, -0.1) is 0 Å². The summed E-state index contributed by atoms with van der Waals surface area (Å²) in [5.41, 5.74) is 5.21. The van der Waals surface area contributed by atoms with Crippen LogP contribution in [0.1, 0.15) is 43.0 Å². The quantitative estimate of drug-likeness (QED) is 0.511. The van der Waals surface area contributed by atoms with Crippen LogP contribution < -0.4 is 4.74 Å². The first-order chi connectivity index (χ1) is 16.2. The number of hydrogen-bond donors (Lipinski definition) is 1. The van der Waals surface area contributed by atoms with Crippen molar-refractivity contribution in [1.82, 2.24) is 9.88 Å². The zero-order valence-corrected chi connectivity index (χ0v) is 20.1. The van der Waals surface area contributed by atoms with Crippen LogP contribution >= 0.6 is 0 Å². The average Bonchev–Trinajstić information content (AvgIpc) is 2.94. The van der Waals surface area contributed by atoms with E-state index in [0.717, 1.165) is 48.3 Å². The second kappa shape index (κ2) is 11.5. The summed E-state index contributed by atoms with van der Waals surface area (Å²) >= 11 is 0. The minimum absolute atomic E-state index is 0.147. The molecule has 1 aromatic carbocycles. The van der Waals surface area contributed by atoms with Gasteiger partial charge in [0, 0.05) is 48.6 Å². The predicted octanol–water partition coefficient (Wildman–Crippen LogP) is 3.47. The van der Waals surface area contributed by atoms with E-state index in [-0.39, 0.29) is 11.8 Å². The lowest BCUT2D eigenvalue weighted by Gasteiger charge is -2.29. The summed E-state index contributed by atoms with van der Waals surface area (Å²) in [4.78, 5) is 18.6. The average molecular weight is 493 g/mol. The Morgan fingerprint density at radius 3 is 2.65 bits per heavy atom. The molecule has 184 valence electrons. The third-order valence-corrected chi connectivity index (χ3v) is 5.47. The lowest BCUT2D eigenvalue weighted by Crippen LogP contribution is -2.33. The van der Waals surface area contributed by atoms with E-state index in [0.29, 0.717) is 38.2 Å². The van der Waals surface area contributed by atoms with Gasteiger partial charge in [0.2, 0.25) is 0 Å². The fourth-order valence-electron chi connectivity index (χ4n) is 4.02. The van der Waals surface area contributed by atoms with E-state index in [1.165, 1.54) is 17.7 Å². The van der Waals surface area contributed by atoms with Gasteiger partial charge in [0.15, 0.2) is 0 Å². The molecule has 1 aromatic heterocycles. The standard InChI is InChI=1S/C23H25FN2O3.CH4O3S/c1-2-28-21(27)9-13-26-11-7-16(8-12-26)22-19-6-5-18(24)14-20(19)29-15-17-4-3-10-25-23(17)22;1-5(2,3)4/h3-6,10,14H,2,7-9,11-13,15H2,1H3;1H3,(H,2,3,4). The Kier molecular flexibility index (Phi) is 8.76. The molecule has 0 aliphatic carbocycles. The fourth-order valence-corrected chi connectivity index (χ4v) is 4.02. The SMILES string of the molecule is CCOC(=O)CCN1CCC(=C2c3ccc(F)cc3OCc3cccnc32)CC1.CS(=O)(=O)O. The van der Waals surface area contributed by atoms with Crippen LogP contribution in [0.2, 0.25) is 0 Å². The number of rotatable bonds is 4. The molecule has 2 aromatic rings. The van der Waals surface area contributed by atoms with Crippen LogP contribution in [0.3, 0.4) is 0 Å². The largest absolute Gasteiger partial charge is 0.488 e. The van der Waals surface area contributed by atoms with Gasteiger partial charge in [-0.3, -0.25) is 14.3 Å². The highest BCUT2D eigenvalue weighted by molar-refractivity contribution is 7.85. The molecule has 1 saturated heterocycles. The number of nitrogens with zero attached hydrogens (tertiary/aromatic N) is 2. The fraction of sp³-hybridized carbons (Fsp3) is 0.417. The number of ether oxygens (including phenoxy) is 2. The molecule has 0 atom stereocenters. The molecule has 0 amide bonds. The Labute approximate surface area is 199 Å². The van der Waals surface area contributed by atoms with E-state index in [1.54, 1.807) is 12.3 Å². The van der Waals surface area contributed by atoms with E-state index >= 15 is 0 Å². The summed E-state index contributed by atoms with van der Waals surface area (Å²) in [5.74, 6) is 0.114. The molecular formula is C24H29FN2O6S. The van der Waals surface area contributed by atoms with Crippen molar-refractivity contribution < 1.29 is 31.6 Å². The van der Waals surface area contributed by atoms with Gasteiger partial charge in [-0.25, -0.2) is 4.39 Å². The number of carbonyl (C=O) groups excluding carboxylic acids is 1. The number of esters is 1.